The first-order valence-electron chi connectivity index (χ1n) is 7.83. The first kappa shape index (κ1) is 17.7. The molecule has 9 heteroatoms. The molecule has 0 spiro atoms. The van der Waals surface area contributed by atoms with Gasteiger partial charge >= 0.3 is 0 Å². The van der Waals surface area contributed by atoms with Gasteiger partial charge in [0.15, 0.2) is 5.82 Å². The molecule has 136 valence electrons. The molecule has 27 heavy (non-hydrogen) atoms. The summed E-state index contributed by atoms with van der Waals surface area (Å²) in [5.74, 6) is 1.75. The Balaban J connectivity index is 1.49. The van der Waals surface area contributed by atoms with Crippen molar-refractivity contribution < 1.29 is 13.2 Å². The lowest BCUT2D eigenvalue weighted by atomic mass is 10.3. The van der Waals surface area contributed by atoms with Gasteiger partial charge in [-0.3, -0.25) is 4.72 Å². The summed E-state index contributed by atoms with van der Waals surface area (Å²) in [6, 6.07) is 19.3. The number of sulfonamides is 1. The molecule has 0 aliphatic carbocycles. The monoisotopic (exact) mass is 415 g/mol. The van der Waals surface area contributed by atoms with Crippen LogP contribution in [0.4, 0.5) is 5.13 Å². The molecule has 4 aromatic rings. The second-order valence-corrected chi connectivity index (χ2v) is 8.77. The lowest BCUT2D eigenvalue weighted by Crippen LogP contribution is -2.12. The summed E-state index contributed by atoms with van der Waals surface area (Å²) >= 11 is 2.50. The topological polar surface area (TPSA) is 81.2 Å². The number of thiophene rings is 1. The van der Waals surface area contributed by atoms with E-state index in [-0.39, 0.29) is 10.0 Å². The highest BCUT2D eigenvalue weighted by Crippen LogP contribution is 2.27. The Bertz CT molecular complexity index is 1120. The SMILES string of the molecule is O=S(=O)(Nc1nc(-c2cccs2)ns1)c1ccc(Oc2ccccc2)cc1. The van der Waals surface area contributed by atoms with Crippen LogP contribution in [0, 0.1) is 0 Å². The Kier molecular flexibility index (Phi) is 4.88. The Morgan fingerprint density at radius 2 is 1.63 bits per heavy atom. The van der Waals surface area contributed by atoms with E-state index >= 15 is 0 Å². The fourth-order valence-electron chi connectivity index (χ4n) is 2.26. The maximum absolute atomic E-state index is 12.6. The van der Waals surface area contributed by atoms with Crippen LogP contribution >= 0.6 is 22.9 Å². The molecule has 2 aromatic heterocycles. The van der Waals surface area contributed by atoms with Crippen LogP contribution in [0.25, 0.3) is 10.7 Å². The molecule has 0 saturated heterocycles. The van der Waals surface area contributed by atoms with E-state index in [0.717, 1.165) is 16.4 Å². The molecule has 2 heterocycles. The van der Waals surface area contributed by atoms with Crippen molar-refractivity contribution in [3.05, 3.63) is 72.1 Å². The summed E-state index contributed by atoms with van der Waals surface area (Å²) in [6.45, 7) is 0. The number of rotatable bonds is 6. The third-order valence-electron chi connectivity index (χ3n) is 3.50. The molecular formula is C18H13N3O3S3. The number of para-hydroxylation sites is 1. The van der Waals surface area contributed by atoms with Crippen LogP contribution in [-0.2, 0) is 10.0 Å². The Morgan fingerprint density at radius 1 is 0.889 bits per heavy atom. The number of nitrogens with one attached hydrogen (secondary N) is 1. The second kappa shape index (κ2) is 7.47. The summed E-state index contributed by atoms with van der Waals surface area (Å²) in [6.07, 6.45) is 0. The van der Waals surface area contributed by atoms with Gasteiger partial charge in [-0.15, -0.1) is 11.3 Å². The van der Waals surface area contributed by atoms with Gasteiger partial charge < -0.3 is 4.74 Å². The zero-order valence-electron chi connectivity index (χ0n) is 13.8. The summed E-state index contributed by atoms with van der Waals surface area (Å²) in [5.41, 5.74) is 0. The van der Waals surface area contributed by atoms with E-state index < -0.39 is 10.0 Å². The van der Waals surface area contributed by atoms with E-state index in [1.54, 1.807) is 12.1 Å². The number of ether oxygens (including phenoxy) is 1. The molecule has 0 fully saturated rings. The standard InChI is InChI=1S/C18H13N3O3S3/c22-27(23,21-18-19-17(20-26-18)16-7-4-12-25-16)15-10-8-14(9-11-15)24-13-5-2-1-3-6-13/h1-12H,(H,19,20,21). The third-order valence-corrected chi connectivity index (χ3v) is 6.48. The van der Waals surface area contributed by atoms with Crippen molar-refractivity contribution >= 4 is 38.0 Å². The number of hydrogen-bond donors (Lipinski definition) is 1. The molecule has 0 bridgehead atoms. The predicted molar refractivity (Wildman–Crippen MR) is 107 cm³/mol. The van der Waals surface area contributed by atoms with E-state index in [0.29, 0.717) is 17.3 Å². The minimum atomic E-state index is -3.75. The summed E-state index contributed by atoms with van der Waals surface area (Å²) in [7, 11) is -3.75. The Morgan fingerprint density at radius 3 is 2.33 bits per heavy atom. The molecule has 0 unspecified atom stereocenters. The summed E-state index contributed by atoms with van der Waals surface area (Å²) in [5, 5.41) is 2.14. The molecule has 4 rings (SSSR count). The van der Waals surface area contributed by atoms with Gasteiger partial charge in [-0.25, -0.2) is 8.42 Å². The van der Waals surface area contributed by atoms with Crippen molar-refractivity contribution in [2.24, 2.45) is 0 Å². The molecule has 6 nitrogen and oxygen atoms in total. The fourth-order valence-corrected chi connectivity index (χ4v) is 4.78. The normalized spacial score (nSPS) is 11.3. The molecule has 0 atom stereocenters. The first-order valence-corrected chi connectivity index (χ1v) is 11.0. The molecule has 0 amide bonds. The molecule has 0 aliphatic rings. The summed E-state index contributed by atoms with van der Waals surface area (Å²) < 4.78 is 37.4. The highest BCUT2D eigenvalue weighted by molar-refractivity contribution is 7.93. The van der Waals surface area contributed by atoms with Crippen LogP contribution < -0.4 is 9.46 Å². The maximum atomic E-state index is 12.6. The quantitative estimate of drug-likeness (QED) is 0.486. The van der Waals surface area contributed by atoms with Crippen LogP contribution in [-0.4, -0.2) is 17.8 Å². The van der Waals surface area contributed by atoms with Gasteiger partial charge in [0.25, 0.3) is 10.0 Å². The molecule has 1 N–H and O–H groups in total. The first-order chi connectivity index (χ1) is 13.1. The van der Waals surface area contributed by atoms with Gasteiger partial charge in [0.1, 0.15) is 11.5 Å². The lowest BCUT2D eigenvalue weighted by molar-refractivity contribution is 0.482. The van der Waals surface area contributed by atoms with E-state index in [2.05, 4.69) is 14.1 Å². The van der Waals surface area contributed by atoms with Gasteiger partial charge in [0, 0.05) is 11.5 Å². The van der Waals surface area contributed by atoms with Crippen LogP contribution in [0.1, 0.15) is 0 Å². The molecule has 2 aromatic carbocycles. The predicted octanol–water partition coefficient (Wildman–Crippen LogP) is 4.86. The molecule has 0 saturated carbocycles. The summed E-state index contributed by atoms with van der Waals surface area (Å²) in [4.78, 5) is 5.25. The zero-order valence-corrected chi connectivity index (χ0v) is 16.2. The van der Waals surface area contributed by atoms with Crippen LogP contribution in [0.15, 0.2) is 77.0 Å². The lowest BCUT2D eigenvalue weighted by Gasteiger charge is -2.07. The highest BCUT2D eigenvalue weighted by Gasteiger charge is 2.17. The van der Waals surface area contributed by atoms with Crippen molar-refractivity contribution in [1.29, 1.82) is 0 Å². The van der Waals surface area contributed by atoms with Gasteiger partial charge in [-0.1, -0.05) is 24.3 Å². The third kappa shape index (κ3) is 4.16. The average molecular weight is 416 g/mol. The number of hydrogen-bond acceptors (Lipinski definition) is 7. The van der Waals surface area contributed by atoms with E-state index in [1.807, 2.05) is 47.8 Å². The van der Waals surface area contributed by atoms with Gasteiger partial charge in [-0.2, -0.15) is 9.36 Å². The average Bonchev–Trinajstić information content (AvgIpc) is 3.34. The minimum absolute atomic E-state index is 0.121. The zero-order chi connectivity index (χ0) is 18.7. The van der Waals surface area contributed by atoms with Gasteiger partial charge in [-0.05, 0) is 47.8 Å². The highest BCUT2D eigenvalue weighted by atomic mass is 32.2. The van der Waals surface area contributed by atoms with Gasteiger partial charge in [0.05, 0.1) is 9.77 Å². The van der Waals surface area contributed by atoms with Crippen molar-refractivity contribution in [1.82, 2.24) is 9.36 Å². The smallest absolute Gasteiger partial charge is 0.263 e. The second-order valence-electron chi connectivity index (χ2n) is 5.39. The largest absolute Gasteiger partial charge is 0.457 e. The minimum Gasteiger partial charge on any atom is -0.457 e. The van der Waals surface area contributed by atoms with Crippen LogP contribution in [0.2, 0.25) is 0 Å². The van der Waals surface area contributed by atoms with Crippen LogP contribution in [0.5, 0.6) is 11.5 Å². The van der Waals surface area contributed by atoms with E-state index in [1.165, 1.54) is 23.5 Å². The van der Waals surface area contributed by atoms with Gasteiger partial charge in [0.2, 0.25) is 5.13 Å². The van der Waals surface area contributed by atoms with Crippen molar-refractivity contribution in [2.45, 2.75) is 4.90 Å². The Hall–Kier alpha value is -2.75. The van der Waals surface area contributed by atoms with E-state index in [4.69, 9.17) is 4.74 Å². The number of nitrogens with zero attached hydrogens (tertiary/aromatic N) is 2. The number of anilines is 1. The number of benzene rings is 2. The number of aromatic nitrogens is 2. The van der Waals surface area contributed by atoms with E-state index in [9.17, 15) is 8.42 Å². The molecular weight excluding hydrogens is 402 g/mol. The van der Waals surface area contributed by atoms with Crippen molar-refractivity contribution in [2.75, 3.05) is 4.72 Å². The fraction of sp³-hybridized carbons (Fsp3) is 0. The van der Waals surface area contributed by atoms with Crippen molar-refractivity contribution in [3.8, 4) is 22.2 Å². The maximum Gasteiger partial charge on any atom is 0.263 e. The van der Waals surface area contributed by atoms with Crippen LogP contribution in [0.3, 0.4) is 0 Å². The Labute approximate surface area is 164 Å². The molecule has 0 aliphatic heterocycles. The van der Waals surface area contributed by atoms with Crippen molar-refractivity contribution in [3.63, 3.8) is 0 Å². The molecule has 0 radical (unpaired) electrons.